The predicted octanol–water partition coefficient (Wildman–Crippen LogP) is 2.50. The maximum atomic E-state index is 10.6. The van der Waals surface area contributed by atoms with Crippen molar-refractivity contribution in [2.75, 3.05) is 0 Å². The quantitative estimate of drug-likeness (QED) is 0.631. The van der Waals surface area contributed by atoms with E-state index in [0.29, 0.717) is 0 Å². The lowest BCUT2D eigenvalue weighted by Crippen LogP contribution is -1.98. The van der Waals surface area contributed by atoms with E-state index in [9.17, 15) is 4.79 Å². The van der Waals surface area contributed by atoms with Gasteiger partial charge in [0.1, 0.15) is 16.9 Å². The van der Waals surface area contributed by atoms with Gasteiger partial charge in [0.25, 0.3) is 0 Å². The molecule has 0 amide bonds. The van der Waals surface area contributed by atoms with E-state index in [1.807, 2.05) is 0 Å². The molecular weight excluding hydrogens is 219 g/mol. The number of carbonyl (C=O) groups is 1. The van der Waals surface area contributed by atoms with Crippen molar-refractivity contribution in [2.24, 2.45) is 0 Å². The molecule has 13 heavy (non-hydrogen) atoms. The summed E-state index contributed by atoms with van der Waals surface area (Å²) in [5, 5.41) is 8.58. The molecule has 0 heterocycles. The van der Waals surface area contributed by atoms with Gasteiger partial charge in [0.2, 0.25) is 0 Å². The van der Waals surface area contributed by atoms with Crippen molar-refractivity contribution in [2.45, 2.75) is 0 Å². The largest absolute Gasteiger partial charge is 0.478 e. The highest BCUT2D eigenvalue weighted by molar-refractivity contribution is 6.34. The van der Waals surface area contributed by atoms with Gasteiger partial charge in [0.15, 0.2) is 5.75 Å². The van der Waals surface area contributed by atoms with Crippen molar-refractivity contribution in [1.29, 1.82) is 0 Å². The normalized spacial score (nSPS) is 9.69. The monoisotopic (exact) mass is 222 g/mol. The van der Waals surface area contributed by atoms with Gasteiger partial charge in [-0.3, -0.25) is 0 Å². The molecular formula is C7H4Cl2O4. The molecule has 0 aliphatic rings. The fourth-order valence-corrected chi connectivity index (χ4v) is 1.08. The lowest BCUT2D eigenvalue weighted by molar-refractivity contribution is -0.0917. The van der Waals surface area contributed by atoms with Crippen LogP contribution in [-0.4, -0.2) is 11.1 Å². The lowest BCUT2D eigenvalue weighted by atomic mass is 10.2. The zero-order valence-electron chi connectivity index (χ0n) is 6.16. The van der Waals surface area contributed by atoms with Crippen LogP contribution in [0.1, 0.15) is 10.4 Å². The number of hydrogen-bond donors (Lipinski definition) is 1. The topological polar surface area (TPSA) is 55.8 Å². The Morgan fingerprint density at radius 1 is 1.46 bits per heavy atom. The summed E-state index contributed by atoms with van der Waals surface area (Å²) < 4.78 is 3.84. The van der Waals surface area contributed by atoms with Gasteiger partial charge in [-0.05, 0) is 12.1 Å². The number of aromatic carboxylic acids is 1. The molecule has 0 spiro atoms. The van der Waals surface area contributed by atoms with Crippen LogP contribution >= 0.6 is 23.5 Å². The van der Waals surface area contributed by atoms with Gasteiger partial charge in [0.05, 0.1) is 5.56 Å². The molecule has 1 rings (SSSR count). The Bertz CT molecular complexity index is 326. The van der Waals surface area contributed by atoms with Crippen molar-refractivity contribution in [3.05, 3.63) is 28.8 Å². The first kappa shape index (κ1) is 10.1. The van der Waals surface area contributed by atoms with E-state index in [1.165, 1.54) is 18.2 Å². The van der Waals surface area contributed by atoms with Crippen LogP contribution in [0, 0.1) is 0 Å². The van der Waals surface area contributed by atoms with Crippen molar-refractivity contribution < 1.29 is 19.2 Å². The maximum Gasteiger partial charge on any atom is 0.337 e. The fourth-order valence-electron chi connectivity index (χ4n) is 0.774. The first-order valence-electron chi connectivity index (χ1n) is 3.14. The molecule has 1 N–H and O–H groups in total. The van der Waals surface area contributed by atoms with E-state index in [-0.39, 0.29) is 16.3 Å². The third kappa shape index (κ3) is 2.24. The van der Waals surface area contributed by atoms with E-state index in [2.05, 4.69) is 9.33 Å². The number of rotatable bonds is 3. The highest BCUT2D eigenvalue weighted by Gasteiger charge is 2.13. The maximum absolute atomic E-state index is 10.6. The van der Waals surface area contributed by atoms with Crippen LogP contribution in [0.4, 0.5) is 0 Å². The minimum Gasteiger partial charge on any atom is -0.478 e. The Morgan fingerprint density at radius 2 is 2.15 bits per heavy atom. The third-order valence-corrected chi connectivity index (χ3v) is 1.77. The molecule has 0 aliphatic heterocycles. The van der Waals surface area contributed by atoms with Gasteiger partial charge < -0.3 is 9.99 Å². The second-order valence-electron chi connectivity index (χ2n) is 2.07. The molecule has 0 radical (unpaired) electrons. The molecule has 0 unspecified atom stereocenters. The average molecular weight is 223 g/mol. The number of carboxylic acid groups (broad SMARTS) is 1. The van der Waals surface area contributed by atoms with E-state index < -0.39 is 5.97 Å². The Balaban J connectivity index is 3.10. The molecule has 0 atom stereocenters. The molecule has 1 aromatic carbocycles. The SMILES string of the molecule is O=C(O)c1cccc(OOCl)c1Cl. The summed E-state index contributed by atoms with van der Waals surface area (Å²) in [6.07, 6.45) is 0. The first-order chi connectivity index (χ1) is 6.16. The van der Waals surface area contributed by atoms with Crippen molar-refractivity contribution in [1.82, 2.24) is 0 Å². The molecule has 70 valence electrons. The van der Waals surface area contributed by atoms with Crippen LogP contribution in [0.5, 0.6) is 5.75 Å². The summed E-state index contributed by atoms with van der Waals surface area (Å²) in [4.78, 5) is 15.0. The zero-order chi connectivity index (χ0) is 9.84. The van der Waals surface area contributed by atoms with Crippen LogP contribution in [-0.2, 0) is 4.44 Å². The number of halogens is 2. The summed E-state index contributed by atoms with van der Waals surface area (Å²) >= 11 is 10.4. The highest BCUT2D eigenvalue weighted by Crippen LogP contribution is 2.28. The molecule has 0 aromatic heterocycles. The van der Waals surface area contributed by atoms with Gasteiger partial charge in [-0.1, -0.05) is 22.1 Å². The van der Waals surface area contributed by atoms with Gasteiger partial charge in [-0.25, -0.2) is 4.79 Å². The lowest BCUT2D eigenvalue weighted by Gasteiger charge is -2.03. The van der Waals surface area contributed by atoms with Gasteiger partial charge in [-0.2, -0.15) is 0 Å². The van der Waals surface area contributed by atoms with E-state index in [0.717, 1.165) is 0 Å². The molecule has 0 saturated heterocycles. The molecule has 0 saturated carbocycles. The number of hydrogen-bond acceptors (Lipinski definition) is 3. The Morgan fingerprint density at radius 3 is 2.69 bits per heavy atom. The first-order valence-corrected chi connectivity index (χ1v) is 3.82. The fraction of sp³-hybridized carbons (Fsp3) is 0. The Hall–Kier alpha value is -0.970. The highest BCUT2D eigenvalue weighted by atomic mass is 35.5. The average Bonchev–Trinajstić information content (AvgIpc) is 2.08. The van der Waals surface area contributed by atoms with Crippen molar-refractivity contribution in [3.63, 3.8) is 0 Å². The number of carboxylic acids is 1. The standard InChI is InChI=1S/C7H4Cl2O4/c8-6-4(7(10)11)2-1-3-5(6)12-13-9/h1-3H,(H,10,11). The van der Waals surface area contributed by atoms with Crippen LogP contribution in [0.15, 0.2) is 18.2 Å². The van der Waals surface area contributed by atoms with Gasteiger partial charge in [-0.15, -0.1) is 0 Å². The molecule has 4 nitrogen and oxygen atoms in total. The second-order valence-corrected chi connectivity index (χ2v) is 2.57. The summed E-state index contributed by atoms with van der Waals surface area (Å²) in [5.41, 5.74) is -0.0760. The third-order valence-electron chi connectivity index (χ3n) is 1.31. The summed E-state index contributed by atoms with van der Waals surface area (Å²) in [6, 6.07) is 4.23. The van der Waals surface area contributed by atoms with Crippen molar-refractivity contribution >= 4 is 29.4 Å². The minimum absolute atomic E-state index is 0.0524. The molecule has 0 aliphatic carbocycles. The molecule has 0 bridgehead atoms. The molecule has 1 aromatic rings. The molecule has 0 fully saturated rings. The predicted molar refractivity (Wildman–Crippen MR) is 46.0 cm³/mol. The van der Waals surface area contributed by atoms with Crippen LogP contribution in [0.25, 0.3) is 0 Å². The Kier molecular flexibility index (Phi) is 3.36. The van der Waals surface area contributed by atoms with Crippen LogP contribution in [0.3, 0.4) is 0 Å². The van der Waals surface area contributed by atoms with Gasteiger partial charge >= 0.3 is 5.97 Å². The Labute approximate surface area is 83.7 Å². The van der Waals surface area contributed by atoms with E-state index >= 15 is 0 Å². The van der Waals surface area contributed by atoms with Gasteiger partial charge in [0, 0.05) is 0 Å². The van der Waals surface area contributed by atoms with E-state index in [1.54, 1.807) is 0 Å². The smallest absolute Gasteiger partial charge is 0.337 e. The summed E-state index contributed by atoms with van der Waals surface area (Å²) in [7, 11) is 0. The van der Waals surface area contributed by atoms with Crippen molar-refractivity contribution in [3.8, 4) is 5.75 Å². The van der Waals surface area contributed by atoms with Crippen LogP contribution < -0.4 is 4.89 Å². The second kappa shape index (κ2) is 4.32. The molecule has 6 heteroatoms. The number of benzene rings is 1. The zero-order valence-corrected chi connectivity index (χ0v) is 7.67. The minimum atomic E-state index is -1.15. The summed E-state index contributed by atoms with van der Waals surface area (Å²) in [6.45, 7) is 0. The van der Waals surface area contributed by atoms with Crippen LogP contribution in [0.2, 0.25) is 5.02 Å². The van der Waals surface area contributed by atoms with E-state index in [4.69, 9.17) is 28.6 Å². The summed E-state index contributed by atoms with van der Waals surface area (Å²) in [5.74, 6) is -1.10.